The van der Waals surface area contributed by atoms with Gasteiger partial charge >= 0.3 is 5.97 Å². The van der Waals surface area contributed by atoms with Crippen molar-refractivity contribution in [3.63, 3.8) is 0 Å². The Labute approximate surface area is 151 Å². The van der Waals surface area contributed by atoms with Gasteiger partial charge in [0.25, 0.3) is 0 Å². The first-order valence-corrected chi connectivity index (χ1v) is 8.89. The van der Waals surface area contributed by atoms with Crippen LogP contribution in [0.4, 0.5) is 4.39 Å². The average Bonchev–Trinajstić information content (AvgIpc) is 3.21. The number of halogens is 1. The average molecular weight is 359 g/mol. The standard InChI is InChI=1S/C19H22FN3O3/c20-16-3-1-2-4-17(16)23-11-14(9-21-23)10-22-12-15(18(24)25)19(13-22)5-7-26-8-6-19/h1-4,9,11,15H,5-8,10,12-13H2,(H,24,25). The van der Waals surface area contributed by atoms with Crippen LogP contribution in [0.2, 0.25) is 0 Å². The van der Waals surface area contributed by atoms with E-state index in [1.165, 1.54) is 10.7 Å². The lowest BCUT2D eigenvalue weighted by Gasteiger charge is -2.36. The van der Waals surface area contributed by atoms with E-state index in [4.69, 9.17) is 4.74 Å². The summed E-state index contributed by atoms with van der Waals surface area (Å²) < 4.78 is 20.9. The van der Waals surface area contributed by atoms with Crippen molar-refractivity contribution in [1.82, 2.24) is 14.7 Å². The Morgan fingerprint density at radius 2 is 2.12 bits per heavy atom. The van der Waals surface area contributed by atoms with Crippen LogP contribution < -0.4 is 0 Å². The Morgan fingerprint density at radius 1 is 1.35 bits per heavy atom. The number of carboxylic acid groups (broad SMARTS) is 1. The number of aromatic nitrogens is 2. The Bertz CT molecular complexity index is 801. The van der Waals surface area contributed by atoms with Gasteiger partial charge in [0.15, 0.2) is 0 Å². The minimum atomic E-state index is -0.726. The molecular weight excluding hydrogens is 337 g/mol. The predicted octanol–water partition coefficient (Wildman–Crippen LogP) is 2.32. The molecule has 7 heteroatoms. The van der Waals surface area contributed by atoms with Crippen molar-refractivity contribution in [1.29, 1.82) is 0 Å². The largest absolute Gasteiger partial charge is 0.481 e. The lowest BCUT2D eigenvalue weighted by Crippen LogP contribution is -2.40. The monoisotopic (exact) mass is 359 g/mol. The second-order valence-corrected chi connectivity index (χ2v) is 7.28. The fourth-order valence-electron chi connectivity index (χ4n) is 4.29. The van der Waals surface area contributed by atoms with Gasteiger partial charge in [0.1, 0.15) is 11.5 Å². The van der Waals surface area contributed by atoms with Crippen LogP contribution >= 0.6 is 0 Å². The second-order valence-electron chi connectivity index (χ2n) is 7.28. The fraction of sp³-hybridized carbons (Fsp3) is 0.474. The third kappa shape index (κ3) is 3.12. The van der Waals surface area contributed by atoms with Crippen LogP contribution in [0, 0.1) is 17.2 Å². The zero-order chi connectivity index (χ0) is 18.1. The van der Waals surface area contributed by atoms with Crippen molar-refractivity contribution >= 4 is 5.97 Å². The molecule has 0 amide bonds. The molecule has 26 heavy (non-hydrogen) atoms. The first-order valence-electron chi connectivity index (χ1n) is 8.89. The molecule has 1 unspecified atom stereocenters. The summed E-state index contributed by atoms with van der Waals surface area (Å²) in [6.45, 7) is 3.14. The summed E-state index contributed by atoms with van der Waals surface area (Å²) in [5, 5.41) is 13.9. The molecule has 138 valence electrons. The molecule has 2 aromatic rings. The third-order valence-corrected chi connectivity index (χ3v) is 5.65. The van der Waals surface area contributed by atoms with Crippen molar-refractivity contribution in [2.75, 3.05) is 26.3 Å². The summed E-state index contributed by atoms with van der Waals surface area (Å²) >= 11 is 0. The van der Waals surface area contributed by atoms with Crippen LogP contribution in [0.3, 0.4) is 0 Å². The van der Waals surface area contributed by atoms with Gasteiger partial charge in [-0.3, -0.25) is 9.69 Å². The summed E-state index contributed by atoms with van der Waals surface area (Å²) in [6, 6.07) is 6.50. The summed E-state index contributed by atoms with van der Waals surface area (Å²) in [5.41, 5.74) is 1.15. The van der Waals surface area contributed by atoms with Crippen molar-refractivity contribution in [2.45, 2.75) is 19.4 Å². The Hall–Kier alpha value is -2.25. The number of benzene rings is 1. The molecule has 2 saturated heterocycles. The van der Waals surface area contributed by atoms with Crippen LogP contribution in [-0.2, 0) is 16.1 Å². The molecular formula is C19H22FN3O3. The van der Waals surface area contributed by atoms with E-state index in [1.54, 1.807) is 24.4 Å². The van der Waals surface area contributed by atoms with Crippen LogP contribution in [0.15, 0.2) is 36.7 Å². The molecule has 2 fully saturated rings. The second kappa shape index (κ2) is 6.81. The van der Waals surface area contributed by atoms with Crippen LogP contribution in [0.5, 0.6) is 0 Å². The van der Waals surface area contributed by atoms with Gasteiger partial charge < -0.3 is 9.84 Å². The zero-order valence-corrected chi connectivity index (χ0v) is 14.5. The van der Waals surface area contributed by atoms with E-state index in [-0.39, 0.29) is 17.2 Å². The van der Waals surface area contributed by atoms with Crippen LogP contribution in [0.1, 0.15) is 18.4 Å². The number of likely N-dealkylation sites (tertiary alicyclic amines) is 1. The molecule has 1 aromatic carbocycles. The number of para-hydroxylation sites is 1. The normalized spacial score (nSPS) is 22.7. The number of carboxylic acids is 1. The van der Waals surface area contributed by atoms with E-state index < -0.39 is 5.97 Å². The number of aliphatic carboxylic acids is 1. The Kier molecular flexibility index (Phi) is 4.50. The maximum atomic E-state index is 13.9. The lowest BCUT2D eigenvalue weighted by atomic mass is 9.72. The summed E-state index contributed by atoms with van der Waals surface area (Å²) in [7, 11) is 0. The highest BCUT2D eigenvalue weighted by atomic mass is 19.1. The zero-order valence-electron chi connectivity index (χ0n) is 14.5. The molecule has 0 radical (unpaired) electrons. The van der Waals surface area contributed by atoms with E-state index in [2.05, 4.69) is 10.00 Å². The maximum Gasteiger partial charge on any atom is 0.308 e. The van der Waals surface area contributed by atoms with E-state index in [9.17, 15) is 14.3 Å². The van der Waals surface area contributed by atoms with Crippen molar-refractivity contribution < 1.29 is 19.0 Å². The highest BCUT2D eigenvalue weighted by molar-refractivity contribution is 5.72. The topological polar surface area (TPSA) is 67.6 Å². The quantitative estimate of drug-likeness (QED) is 0.907. The third-order valence-electron chi connectivity index (χ3n) is 5.65. The lowest BCUT2D eigenvalue weighted by molar-refractivity contribution is -0.147. The van der Waals surface area contributed by atoms with E-state index in [1.807, 2.05) is 6.20 Å². The fourth-order valence-corrected chi connectivity index (χ4v) is 4.29. The van der Waals surface area contributed by atoms with Gasteiger partial charge in [0.2, 0.25) is 0 Å². The minimum Gasteiger partial charge on any atom is -0.481 e. The van der Waals surface area contributed by atoms with Gasteiger partial charge in [-0.15, -0.1) is 0 Å². The first-order chi connectivity index (χ1) is 12.6. The van der Waals surface area contributed by atoms with Gasteiger partial charge in [-0.2, -0.15) is 5.10 Å². The Balaban J connectivity index is 1.50. The molecule has 1 atom stereocenters. The number of ether oxygens (including phenoxy) is 1. The van der Waals surface area contributed by atoms with Gasteiger partial charge in [-0.1, -0.05) is 12.1 Å². The summed E-state index contributed by atoms with van der Waals surface area (Å²) in [6.07, 6.45) is 5.10. The maximum absolute atomic E-state index is 13.9. The highest BCUT2D eigenvalue weighted by Gasteiger charge is 2.50. The SMILES string of the molecule is O=C(O)C1CN(Cc2cnn(-c3ccccc3F)c2)CC12CCOCC2. The number of hydrogen-bond donors (Lipinski definition) is 1. The van der Waals surface area contributed by atoms with Gasteiger partial charge in [-0.05, 0) is 25.0 Å². The number of hydrogen-bond acceptors (Lipinski definition) is 4. The molecule has 1 spiro atoms. The summed E-state index contributed by atoms with van der Waals surface area (Å²) in [5.74, 6) is -1.42. The predicted molar refractivity (Wildman–Crippen MR) is 92.4 cm³/mol. The number of carbonyl (C=O) groups is 1. The van der Waals surface area contributed by atoms with Crippen molar-refractivity contribution in [3.05, 3.63) is 48.0 Å². The first kappa shape index (κ1) is 17.2. The van der Waals surface area contributed by atoms with E-state index in [0.29, 0.717) is 32.0 Å². The van der Waals surface area contributed by atoms with E-state index >= 15 is 0 Å². The van der Waals surface area contributed by atoms with Gasteiger partial charge in [0.05, 0.1) is 12.1 Å². The van der Waals surface area contributed by atoms with Crippen molar-refractivity contribution in [2.24, 2.45) is 11.3 Å². The van der Waals surface area contributed by atoms with Crippen LogP contribution in [-0.4, -0.2) is 52.1 Å². The molecule has 2 aliphatic heterocycles. The number of rotatable bonds is 4. The van der Waals surface area contributed by atoms with Crippen molar-refractivity contribution in [3.8, 4) is 5.69 Å². The van der Waals surface area contributed by atoms with Gasteiger partial charge in [0, 0.05) is 50.0 Å². The van der Waals surface area contributed by atoms with Crippen LogP contribution in [0.25, 0.3) is 5.69 Å². The molecule has 2 aliphatic rings. The smallest absolute Gasteiger partial charge is 0.308 e. The molecule has 6 nitrogen and oxygen atoms in total. The summed E-state index contributed by atoms with van der Waals surface area (Å²) in [4.78, 5) is 13.9. The molecule has 0 aliphatic carbocycles. The minimum absolute atomic E-state index is 0.203. The molecule has 1 aromatic heterocycles. The Morgan fingerprint density at radius 3 is 2.85 bits per heavy atom. The molecule has 0 bridgehead atoms. The molecule has 3 heterocycles. The number of nitrogens with zero attached hydrogens (tertiary/aromatic N) is 3. The molecule has 0 saturated carbocycles. The highest BCUT2D eigenvalue weighted by Crippen LogP contribution is 2.44. The van der Waals surface area contributed by atoms with E-state index in [0.717, 1.165) is 24.9 Å². The molecule has 1 N–H and O–H groups in total. The molecule has 4 rings (SSSR count). The van der Waals surface area contributed by atoms with Gasteiger partial charge in [-0.25, -0.2) is 9.07 Å².